The Morgan fingerprint density at radius 3 is 2.64 bits per heavy atom. The van der Waals surface area contributed by atoms with Gasteiger partial charge in [0, 0.05) is 18.5 Å². The largest absolute Gasteiger partial charge is 0.448 e. The summed E-state index contributed by atoms with van der Waals surface area (Å²) in [5.41, 5.74) is 0.954. The summed E-state index contributed by atoms with van der Waals surface area (Å²) >= 11 is 0. The fourth-order valence-corrected chi connectivity index (χ4v) is 2.65. The maximum atomic E-state index is 12.2. The number of amides is 1. The van der Waals surface area contributed by atoms with E-state index in [4.69, 9.17) is 4.74 Å². The molecule has 0 unspecified atom stereocenters. The number of carbonyl (C=O) groups is 2. The summed E-state index contributed by atoms with van der Waals surface area (Å²) in [6, 6.07) is 11.0. The first-order valence-electron chi connectivity index (χ1n) is 7.51. The predicted molar refractivity (Wildman–Crippen MR) is 82.4 cm³/mol. The number of para-hydroxylation sites is 1. The summed E-state index contributed by atoms with van der Waals surface area (Å²) in [5, 5.41) is 0.959. The van der Waals surface area contributed by atoms with E-state index in [2.05, 4.69) is 4.98 Å². The SMILES string of the molecule is C[C@@H](OC(=O)c1ccc2ccccc2n1)C(=O)N1CCCC1. The van der Waals surface area contributed by atoms with Gasteiger partial charge in [-0.3, -0.25) is 4.79 Å². The highest BCUT2D eigenvalue weighted by Gasteiger charge is 2.26. The number of ether oxygens (including phenoxy) is 1. The van der Waals surface area contributed by atoms with E-state index in [9.17, 15) is 9.59 Å². The van der Waals surface area contributed by atoms with Crippen LogP contribution in [0.1, 0.15) is 30.3 Å². The smallest absolute Gasteiger partial charge is 0.357 e. The molecule has 5 nitrogen and oxygen atoms in total. The van der Waals surface area contributed by atoms with E-state index in [1.807, 2.05) is 30.3 Å². The molecule has 5 heteroatoms. The molecule has 114 valence electrons. The van der Waals surface area contributed by atoms with Crippen LogP contribution >= 0.6 is 0 Å². The van der Waals surface area contributed by atoms with Crippen molar-refractivity contribution >= 4 is 22.8 Å². The average Bonchev–Trinajstić information content (AvgIpc) is 3.08. The van der Waals surface area contributed by atoms with Gasteiger partial charge in [-0.15, -0.1) is 0 Å². The molecule has 1 aliphatic rings. The third-order valence-corrected chi connectivity index (χ3v) is 3.86. The number of aromatic nitrogens is 1. The van der Waals surface area contributed by atoms with Crippen molar-refractivity contribution in [1.29, 1.82) is 0 Å². The van der Waals surface area contributed by atoms with Crippen molar-refractivity contribution in [3.63, 3.8) is 0 Å². The van der Waals surface area contributed by atoms with Crippen molar-refractivity contribution in [2.75, 3.05) is 13.1 Å². The predicted octanol–water partition coefficient (Wildman–Crippen LogP) is 2.40. The molecule has 0 spiro atoms. The second kappa shape index (κ2) is 6.13. The van der Waals surface area contributed by atoms with E-state index in [1.165, 1.54) is 0 Å². The molecule has 0 bridgehead atoms. The molecular formula is C17H18N2O3. The molecule has 1 aliphatic heterocycles. The minimum atomic E-state index is -0.779. The van der Waals surface area contributed by atoms with Crippen molar-refractivity contribution in [1.82, 2.24) is 9.88 Å². The first-order valence-corrected chi connectivity index (χ1v) is 7.51. The highest BCUT2D eigenvalue weighted by Crippen LogP contribution is 2.14. The second-order valence-electron chi connectivity index (χ2n) is 5.47. The Labute approximate surface area is 128 Å². The maximum Gasteiger partial charge on any atom is 0.357 e. The fraction of sp³-hybridized carbons (Fsp3) is 0.353. The summed E-state index contributed by atoms with van der Waals surface area (Å²) in [7, 11) is 0. The van der Waals surface area contributed by atoms with Crippen LogP contribution in [-0.4, -0.2) is 41.0 Å². The topological polar surface area (TPSA) is 59.5 Å². The van der Waals surface area contributed by atoms with E-state index in [0.717, 1.165) is 36.8 Å². The summed E-state index contributed by atoms with van der Waals surface area (Å²) in [6.07, 6.45) is 1.25. The number of hydrogen-bond donors (Lipinski definition) is 0. The number of rotatable bonds is 3. The average molecular weight is 298 g/mol. The molecule has 2 aromatic rings. The summed E-state index contributed by atoms with van der Waals surface area (Å²) in [6.45, 7) is 3.10. The number of benzene rings is 1. The first-order chi connectivity index (χ1) is 10.6. The van der Waals surface area contributed by atoms with Crippen LogP contribution < -0.4 is 0 Å². The molecule has 1 fully saturated rings. The number of carbonyl (C=O) groups excluding carboxylic acids is 2. The Kier molecular flexibility index (Phi) is 4.04. The van der Waals surface area contributed by atoms with Crippen LogP contribution in [0, 0.1) is 0 Å². The number of nitrogens with zero attached hydrogens (tertiary/aromatic N) is 2. The number of likely N-dealkylation sites (tertiary alicyclic amines) is 1. The molecule has 0 N–H and O–H groups in total. The number of esters is 1. The van der Waals surface area contributed by atoms with Gasteiger partial charge in [-0.05, 0) is 31.9 Å². The van der Waals surface area contributed by atoms with Gasteiger partial charge in [-0.25, -0.2) is 9.78 Å². The standard InChI is InChI=1S/C17H18N2O3/c1-12(16(20)19-10-4-5-11-19)22-17(21)15-9-8-13-6-2-3-7-14(13)18-15/h2-3,6-9,12H,4-5,10-11H2,1H3/t12-/m1/s1. The van der Waals surface area contributed by atoms with Gasteiger partial charge < -0.3 is 9.64 Å². The van der Waals surface area contributed by atoms with Gasteiger partial charge in [0.05, 0.1) is 5.52 Å². The van der Waals surface area contributed by atoms with Crippen LogP contribution in [0.4, 0.5) is 0 Å². The lowest BCUT2D eigenvalue weighted by Crippen LogP contribution is -2.38. The molecule has 1 saturated heterocycles. The highest BCUT2D eigenvalue weighted by molar-refractivity contribution is 5.93. The molecule has 0 radical (unpaired) electrons. The fourth-order valence-electron chi connectivity index (χ4n) is 2.65. The van der Waals surface area contributed by atoms with Crippen LogP contribution in [0.15, 0.2) is 36.4 Å². The van der Waals surface area contributed by atoms with Gasteiger partial charge in [0.15, 0.2) is 6.10 Å². The maximum absolute atomic E-state index is 12.2. The Bertz CT molecular complexity index is 708. The van der Waals surface area contributed by atoms with E-state index >= 15 is 0 Å². The van der Waals surface area contributed by atoms with Crippen molar-refractivity contribution < 1.29 is 14.3 Å². The molecule has 1 atom stereocenters. The molecule has 2 heterocycles. The van der Waals surface area contributed by atoms with Gasteiger partial charge >= 0.3 is 5.97 Å². The Hall–Kier alpha value is -2.43. The van der Waals surface area contributed by atoms with E-state index in [1.54, 1.807) is 17.9 Å². The lowest BCUT2D eigenvalue weighted by Gasteiger charge is -2.20. The van der Waals surface area contributed by atoms with Gasteiger partial charge in [-0.2, -0.15) is 0 Å². The molecule has 1 aromatic carbocycles. The molecule has 1 amide bonds. The number of pyridine rings is 1. The zero-order valence-corrected chi connectivity index (χ0v) is 12.5. The lowest BCUT2D eigenvalue weighted by atomic mass is 10.2. The minimum absolute atomic E-state index is 0.133. The van der Waals surface area contributed by atoms with E-state index < -0.39 is 12.1 Å². The summed E-state index contributed by atoms with van der Waals surface area (Å²) < 4.78 is 5.27. The Morgan fingerprint density at radius 1 is 1.14 bits per heavy atom. The Morgan fingerprint density at radius 2 is 1.86 bits per heavy atom. The van der Waals surface area contributed by atoms with Gasteiger partial charge in [0.2, 0.25) is 0 Å². The molecule has 3 rings (SSSR count). The monoisotopic (exact) mass is 298 g/mol. The van der Waals surface area contributed by atoms with Gasteiger partial charge in [-0.1, -0.05) is 24.3 Å². The van der Waals surface area contributed by atoms with Gasteiger partial charge in [0.25, 0.3) is 5.91 Å². The molecule has 0 saturated carbocycles. The molecule has 1 aromatic heterocycles. The van der Waals surface area contributed by atoms with E-state index in [-0.39, 0.29) is 11.6 Å². The van der Waals surface area contributed by atoms with Crippen molar-refractivity contribution in [3.05, 3.63) is 42.1 Å². The summed E-state index contributed by atoms with van der Waals surface area (Å²) in [4.78, 5) is 30.3. The highest BCUT2D eigenvalue weighted by atomic mass is 16.5. The zero-order chi connectivity index (χ0) is 15.5. The van der Waals surface area contributed by atoms with Crippen LogP contribution in [0.5, 0.6) is 0 Å². The molecule has 22 heavy (non-hydrogen) atoms. The van der Waals surface area contributed by atoms with Crippen molar-refractivity contribution in [2.45, 2.75) is 25.9 Å². The second-order valence-corrected chi connectivity index (χ2v) is 5.47. The van der Waals surface area contributed by atoms with E-state index in [0.29, 0.717) is 0 Å². The lowest BCUT2D eigenvalue weighted by molar-refractivity contribution is -0.138. The minimum Gasteiger partial charge on any atom is -0.448 e. The quantitative estimate of drug-likeness (QED) is 0.816. The first kappa shape index (κ1) is 14.5. The van der Waals surface area contributed by atoms with Crippen LogP contribution in [0.25, 0.3) is 10.9 Å². The van der Waals surface area contributed by atoms with Crippen LogP contribution in [-0.2, 0) is 9.53 Å². The number of hydrogen-bond acceptors (Lipinski definition) is 4. The third-order valence-electron chi connectivity index (χ3n) is 3.86. The normalized spacial score (nSPS) is 15.8. The van der Waals surface area contributed by atoms with Crippen LogP contribution in [0.3, 0.4) is 0 Å². The Balaban J connectivity index is 1.70. The molecular weight excluding hydrogens is 280 g/mol. The van der Waals surface area contributed by atoms with Crippen LogP contribution in [0.2, 0.25) is 0 Å². The third kappa shape index (κ3) is 2.93. The summed E-state index contributed by atoms with van der Waals surface area (Å²) in [5.74, 6) is -0.697. The number of fused-ring (bicyclic) bond motifs is 1. The molecule has 0 aliphatic carbocycles. The zero-order valence-electron chi connectivity index (χ0n) is 12.5. The van der Waals surface area contributed by atoms with Crippen molar-refractivity contribution in [3.8, 4) is 0 Å². The van der Waals surface area contributed by atoms with Gasteiger partial charge in [0.1, 0.15) is 5.69 Å². The van der Waals surface area contributed by atoms with Crippen molar-refractivity contribution in [2.24, 2.45) is 0 Å².